The van der Waals surface area contributed by atoms with E-state index in [9.17, 15) is 0 Å². The molecule has 0 radical (unpaired) electrons. The van der Waals surface area contributed by atoms with Crippen LogP contribution < -0.4 is 5.73 Å². The summed E-state index contributed by atoms with van der Waals surface area (Å²) in [5, 5.41) is 0. The molecule has 17 heavy (non-hydrogen) atoms. The summed E-state index contributed by atoms with van der Waals surface area (Å²) in [6.45, 7) is 5.48. The number of aromatic nitrogens is 2. The van der Waals surface area contributed by atoms with E-state index in [4.69, 9.17) is 5.73 Å². The van der Waals surface area contributed by atoms with Crippen molar-refractivity contribution in [3.8, 4) is 11.4 Å². The van der Waals surface area contributed by atoms with Crippen molar-refractivity contribution in [2.24, 2.45) is 5.92 Å². The maximum absolute atomic E-state index is 5.69. The zero-order chi connectivity index (χ0) is 12.3. The Labute approximate surface area is 102 Å². The van der Waals surface area contributed by atoms with E-state index in [1.165, 1.54) is 6.42 Å². The molecular weight excluding hydrogens is 210 g/mol. The smallest absolute Gasteiger partial charge is 0.139 e. The molecule has 1 aromatic carbocycles. The van der Waals surface area contributed by atoms with Crippen LogP contribution in [-0.2, 0) is 6.54 Å². The molecule has 90 valence electrons. The highest BCUT2D eigenvalue weighted by atomic mass is 15.1. The molecule has 1 unspecified atom stereocenters. The Kier molecular flexibility index (Phi) is 3.47. The van der Waals surface area contributed by atoms with Gasteiger partial charge in [0.25, 0.3) is 0 Å². The monoisotopic (exact) mass is 229 g/mol. The average Bonchev–Trinajstić information content (AvgIpc) is 2.78. The molecule has 0 bridgehead atoms. The van der Waals surface area contributed by atoms with Gasteiger partial charge in [-0.3, -0.25) is 0 Å². The van der Waals surface area contributed by atoms with Crippen LogP contribution in [-0.4, -0.2) is 9.55 Å². The number of nitrogens with two attached hydrogens (primary N) is 1. The largest absolute Gasteiger partial charge is 0.399 e. The van der Waals surface area contributed by atoms with E-state index >= 15 is 0 Å². The Morgan fingerprint density at radius 3 is 2.65 bits per heavy atom. The van der Waals surface area contributed by atoms with Gasteiger partial charge in [0.2, 0.25) is 0 Å². The van der Waals surface area contributed by atoms with Gasteiger partial charge >= 0.3 is 0 Å². The molecule has 1 atom stereocenters. The number of anilines is 1. The third-order valence-electron chi connectivity index (χ3n) is 3.09. The Morgan fingerprint density at radius 2 is 2.00 bits per heavy atom. The van der Waals surface area contributed by atoms with Crippen LogP contribution in [0.4, 0.5) is 5.69 Å². The second kappa shape index (κ2) is 5.04. The van der Waals surface area contributed by atoms with Crippen LogP contribution in [0.25, 0.3) is 11.4 Å². The first-order valence-corrected chi connectivity index (χ1v) is 6.07. The summed E-state index contributed by atoms with van der Waals surface area (Å²) in [6.07, 6.45) is 5.07. The summed E-state index contributed by atoms with van der Waals surface area (Å²) < 4.78 is 2.21. The molecule has 0 aliphatic rings. The predicted molar refractivity (Wildman–Crippen MR) is 71.5 cm³/mol. The van der Waals surface area contributed by atoms with Crippen molar-refractivity contribution in [3.63, 3.8) is 0 Å². The molecular formula is C14H19N3. The standard InChI is InChI=1S/C14H19N3/c1-3-11(2)10-17-9-8-16-14(17)12-4-6-13(15)7-5-12/h4-9,11H,3,10,15H2,1-2H3. The molecule has 0 aliphatic heterocycles. The van der Waals surface area contributed by atoms with E-state index in [2.05, 4.69) is 23.4 Å². The predicted octanol–water partition coefficient (Wildman–Crippen LogP) is 3.18. The first-order chi connectivity index (χ1) is 8.20. The Morgan fingerprint density at radius 1 is 1.29 bits per heavy atom. The second-order valence-corrected chi connectivity index (χ2v) is 4.54. The molecule has 1 heterocycles. The van der Waals surface area contributed by atoms with E-state index in [1.807, 2.05) is 36.7 Å². The van der Waals surface area contributed by atoms with Gasteiger partial charge in [0.05, 0.1) is 0 Å². The summed E-state index contributed by atoms with van der Waals surface area (Å²) in [5.74, 6) is 1.68. The number of hydrogen-bond donors (Lipinski definition) is 1. The molecule has 0 spiro atoms. The van der Waals surface area contributed by atoms with Gasteiger partial charge in [-0.2, -0.15) is 0 Å². The fourth-order valence-corrected chi connectivity index (χ4v) is 1.81. The van der Waals surface area contributed by atoms with Crippen LogP contribution in [0.15, 0.2) is 36.7 Å². The number of nitrogen functional groups attached to an aromatic ring is 1. The van der Waals surface area contributed by atoms with Crippen LogP contribution in [0.3, 0.4) is 0 Å². The van der Waals surface area contributed by atoms with Crippen LogP contribution in [0.5, 0.6) is 0 Å². The lowest BCUT2D eigenvalue weighted by Gasteiger charge is -2.12. The van der Waals surface area contributed by atoms with Crippen LogP contribution in [0, 0.1) is 5.92 Å². The fourth-order valence-electron chi connectivity index (χ4n) is 1.81. The Hall–Kier alpha value is -1.77. The van der Waals surface area contributed by atoms with E-state index in [0.29, 0.717) is 5.92 Å². The third-order valence-corrected chi connectivity index (χ3v) is 3.09. The number of benzene rings is 1. The summed E-state index contributed by atoms with van der Waals surface area (Å²) in [4.78, 5) is 4.43. The summed E-state index contributed by atoms with van der Waals surface area (Å²) >= 11 is 0. The van der Waals surface area contributed by atoms with Gasteiger partial charge in [0.15, 0.2) is 0 Å². The van der Waals surface area contributed by atoms with Crippen molar-refractivity contribution in [1.82, 2.24) is 9.55 Å². The molecule has 0 amide bonds. The van der Waals surface area contributed by atoms with Gasteiger partial charge in [-0.1, -0.05) is 20.3 Å². The molecule has 3 heteroatoms. The molecule has 1 aromatic heterocycles. The van der Waals surface area contributed by atoms with Gasteiger partial charge in [0.1, 0.15) is 5.82 Å². The van der Waals surface area contributed by atoms with Crippen LogP contribution in [0.2, 0.25) is 0 Å². The van der Waals surface area contributed by atoms with Gasteiger partial charge in [-0.25, -0.2) is 4.98 Å². The van der Waals surface area contributed by atoms with Crippen molar-refractivity contribution in [1.29, 1.82) is 0 Å². The van der Waals surface area contributed by atoms with Crippen molar-refractivity contribution < 1.29 is 0 Å². The van der Waals surface area contributed by atoms with E-state index in [1.54, 1.807) is 0 Å². The highest BCUT2D eigenvalue weighted by Crippen LogP contribution is 2.20. The Bertz CT molecular complexity index is 470. The van der Waals surface area contributed by atoms with Gasteiger partial charge in [-0.15, -0.1) is 0 Å². The van der Waals surface area contributed by atoms with E-state index in [0.717, 1.165) is 23.6 Å². The molecule has 2 N–H and O–H groups in total. The maximum Gasteiger partial charge on any atom is 0.139 e. The summed E-state index contributed by atoms with van der Waals surface area (Å²) in [5.41, 5.74) is 7.60. The highest BCUT2D eigenvalue weighted by molar-refractivity contribution is 5.59. The minimum Gasteiger partial charge on any atom is -0.399 e. The van der Waals surface area contributed by atoms with Gasteiger partial charge in [0, 0.05) is 30.2 Å². The number of hydrogen-bond acceptors (Lipinski definition) is 2. The lowest BCUT2D eigenvalue weighted by molar-refractivity contribution is 0.471. The quantitative estimate of drug-likeness (QED) is 0.818. The van der Waals surface area contributed by atoms with Crippen molar-refractivity contribution >= 4 is 5.69 Å². The number of rotatable bonds is 4. The number of nitrogens with zero attached hydrogens (tertiary/aromatic N) is 2. The molecule has 0 saturated heterocycles. The first-order valence-electron chi connectivity index (χ1n) is 6.07. The zero-order valence-electron chi connectivity index (χ0n) is 10.4. The highest BCUT2D eigenvalue weighted by Gasteiger charge is 2.08. The van der Waals surface area contributed by atoms with Gasteiger partial charge < -0.3 is 10.3 Å². The molecule has 0 saturated carbocycles. The molecule has 2 aromatic rings. The normalized spacial score (nSPS) is 12.6. The summed E-state index contributed by atoms with van der Waals surface area (Å²) in [7, 11) is 0. The SMILES string of the molecule is CCC(C)Cn1ccnc1-c1ccc(N)cc1. The van der Waals surface area contributed by atoms with E-state index in [-0.39, 0.29) is 0 Å². The minimum absolute atomic E-state index is 0.664. The van der Waals surface area contributed by atoms with E-state index < -0.39 is 0 Å². The topological polar surface area (TPSA) is 43.8 Å². The number of imidazole rings is 1. The average molecular weight is 229 g/mol. The van der Waals surface area contributed by atoms with Gasteiger partial charge in [-0.05, 0) is 30.2 Å². The Balaban J connectivity index is 2.27. The van der Waals surface area contributed by atoms with Crippen LogP contribution in [0.1, 0.15) is 20.3 Å². The lowest BCUT2D eigenvalue weighted by atomic mass is 10.1. The molecule has 2 rings (SSSR count). The minimum atomic E-state index is 0.664. The van der Waals surface area contributed by atoms with Crippen molar-refractivity contribution in [3.05, 3.63) is 36.7 Å². The molecule has 0 fully saturated rings. The maximum atomic E-state index is 5.69. The van der Waals surface area contributed by atoms with Crippen LogP contribution >= 0.6 is 0 Å². The van der Waals surface area contributed by atoms with Crippen molar-refractivity contribution in [2.75, 3.05) is 5.73 Å². The van der Waals surface area contributed by atoms with Crippen molar-refractivity contribution in [2.45, 2.75) is 26.8 Å². The third kappa shape index (κ3) is 2.67. The lowest BCUT2D eigenvalue weighted by Crippen LogP contribution is -2.07. The second-order valence-electron chi connectivity index (χ2n) is 4.54. The molecule has 3 nitrogen and oxygen atoms in total. The first kappa shape index (κ1) is 11.7. The zero-order valence-corrected chi connectivity index (χ0v) is 10.4. The molecule has 0 aliphatic carbocycles. The fraction of sp³-hybridized carbons (Fsp3) is 0.357. The summed E-state index contributed by atoms with van der Waals surface area (Å²) in [6, 6.07) is 7.87.